The molecule has 0 aromatic carbocycles. The standard InChI is InChI=1S/C21H29NO14S/c1-10(23)31-8-16-18(33-12(3)25)19(34-13(4)26)17(32-11(2)24)15(35-16)6-5-7-37(29,30)9-14-20(27)36-21(28)22-14/h14-19H,5-9H2,1-4H3,(H,22,28)/t14-,15+,16+,17-,18+,19+/m0/s1. The van der Waals surface area contributed by atoms with Crippen LogP contribution in [-0.4, -0.2) is 99.0 Å². The summed E-state index contributed by atoms with van der Waals surface area (Å²) < 4.78 is 56.1. The highest BCUT2D eigenvalue weighted by Gasteiger charge is 2.51. The van der Waals surface area contributed by atoms with Gasteiger partial charge in [-0.15, -0.1) is 0 Å². The smallest absolute Gasteiger partial charge is 0.415 e. The van der Waals surface area contributed by atoms with E-state index in [0.29, 0.717) is 0 Å². The molecule has 0 aromatic heterocycles. The number of carbonyl (C=O) groups is 6. The van der Waals surface area contributed by atoms with Crippen molar-refractivity contribution < 1.29 is 65.6 Å². The minimum absolute atomic E-state index is 0.0558. The highest BCUT2D eigenvalue weighted by atomic mass is 32.2. The molecule has 2 fully saturated rings. The van der Waals surface area contributed by atoms with Gasteiger partial charge in [0.1, 0.15) is 18.8 Å². The third-order valence-electron chi connectivity index (χ3n) is 5.22. The number of sulfone groups is 1. The van der Waals surface area contributed by atoms with Crippen LogP contribution in [0.1, 0.15) is 40.5 Å². The minimum atomic E-state index is -3.86. The summed E-state index contributed by atoms with van der Waals surface area (Å²) in [5.41, 5.74) is 0. The molecule has 2 aliphatic heterocycles. The van der Waals surface area contributed by atoms with Gasteiger partial charge in [0.2, 0.25) is 0 Å². The van der Waals surface area contributed by atoms with E-state index < -0.39 is 100 Å². The topological polar surface area (TPSA) is 204 Å². The molecule has 208 valence electrons. The monoisotopic (exact) mass is 551 g/mol. The van der Waals surface area contributed by atoms with Crippen LogP contribution in [-0.2, 0) is 62.2 Å². The summed E-state index contributed by atoms with van der Waals surface area (Å²) >= 11 is 0. The van der Waals surface area contributed by atoms with Gasteiger partial charge in [-0.3, -0.25) is 19.2 Å². The lowest BCUT2D eigenvalue weighted by atomic mass is 9.92. The molecule has 0 bridgehead atoms. The molecule has 6 atom stereocenters. The Hall–Kier alpha value is -3.27. The highest BCUT2D eigenvalue weighted by molar-refractivity contribution is 7.91. The first-order valence-electron chi connectivity index (χ1n) is 11.2. The Kier molecular flexibility index (Phi) is 10.4. The Bertz CT molecular complexity index is 1020. The van der Waals surface area contributed by atoms with Crippen LogP contribution >= 0.6 is 0 Å². The number of ether oxygens (including phenoxy) is 6. The van der Waals surface area contributed by atoms with Crippen LogP contribution in [0.15, 0.2) is 0 Å². The van der Waals surface area contributed by atoms with Crippen LogP contribution in [0.5, 0.6) is 0 Å². The largest absolute Gasteiger partial charge is 0.463 e. The van der Waals surface area contributed by atoms with Gasteiger partial charge in [-0.1, -0.05) is 0 Å². The van der Waals surface area contributed by atoms with Crippen molar-refractivity contribution in [3.63, 3.8) is 0 Å². The first-order valence-corrected chi connectivity index (χ1v) is 13.0. The van der Waals surface area contributed by atoms with Crippen LogP contribution in [0.25, 0.3) is 0 Å². The molecule has 2 saturated heterocycles. The summed E-state index contributed by atoms with van der Waals surface area (Å²) in [7, 11) is -3.86. The molecular formula is C21H29NO14S. The fourth-order valence-corrected chi connectivity index (χ4v) is 5.40. The average Bonchev–Trinajstić information content (AvgIpc) is 3.05. The average molecular weight is 552 g/mol. The number of nitrogens with one attached hydrogen (secondary N) is 1. The van der Waals surface area contributed by atoms with Crippen molar-refractivity contribution in [2.45, 2.75) is 77.1 Å². The minimum Gasteiger partial charge on any atom is -0.463 e. The van der Waals surface area contributed by atoms with Gasteiger partial charge in [-0.05, 0) is 12.8 Å². The lowest BCUT2D eigenvalue weighted by Gasteiger charge is -2.44. The van der Waals surface area contributed by atoms with Crippen molar-refractivity contribution in [1.82, 2.24) is 5.32 Å². The van der Waals surface area contributed by atoms with Crippen LogP contribution < -0.4 is 5.32 Å². The van der Waals surface area contributed by atoms with E-state index in [1.807, 2.05) is 0 Å². The van der Waals surface area contributed by atoms with Crippen molar-refractivity contribution in [2.24, 2.45) is 0 Å². The Morgan fingerprint density at radius 1 is 0.838 bits per heavy atom. The number of carbonyl (C=O) groups excluding carboxylic acids is 6. The molecule has 0 aromatic rings. The van der Waals surface area contributed by atoms with Crippen LogP contribution in [0, 0.1) is 0 Å². The molecule has 2 heterocycles. The van der Waals surface area contributed by atoms with E-state index in [1.165, 1.54) is 0 Å². The van der Waals surface area contributed by atoms with Gasteiger partial charge >= 0.3 is 35.9 Å². The van der Waals surface area contributed by atoms with E-state index in [2.05, 4.69) is 10.1 Å². The zero-order valence-electron chi connectivity index (χ0n) is 20.6. The summed E-state index contributed by atoms with van der Waals surface area (Å²) in [5, 5.41) is 2.10. The van der Waals surface area contributed by atoms with Crippen LogP contribution in [0.3, 0.4) is 0 Å². The van der Waals surface area contributed by atoms with Crippen molar-refractivity contribution in [3.8, 4) is 0 Å². The van der Waals surface area contributed by atoms with Crippen molar-refractivity contribution >= 4 is 45.8 Å². The fraction of sp³-hybridized carbons (Fsp3) is 0.714. The second kappa shape index (κ2) is 12.8. The van der Waals surface area contributed by atoms with Gasteiger partial charge in [-0.2, -0.15) is 0 Å². The predicted octanol–water partition coefficient (Wildman–Crippen LogP) is -1.06. The number of hydrogen-bond donors (Lipinski definition) is 1. The second-order valence-electron chi connectivity index (χ2n) is 8.40. The molecule has 16 heteroatoms. The summed E-state index contributed by atoms with van der Waals surface area (Å²) in [6.07, 6.45) is -7.34. The fourth-order valence-electron chi connectivity index (χ4n) is 3.89. The lowest BCUT2D eigenvalue weighted by Crippen LogP contribution is -2.62. The van der Waals surface area contributed by atoms with E-state index in [4.69, 9.17) is 23.7 Å². The summed E-state index contributed by atoms with van der Waals surface area (Å²) in [6, 6.07) is -1.33. The Balaban J connectivity index is 2.23. The molecule has 0 radical (unpaired) electrons. The van der Waals surface area contributed by atoms with Gasteiger partial charge < -0.3 is 33.7 Å². The molecule has 0 saturated carbocycles. The summed E-state index contributed by atoms with van der Waals surface area (Å²) in [6.45, 7) is 4.00. The SMILES string of the molecule is CC(=O)OC[C@H]1O[C@H](CCCS(=O)(=O)C[C@@H]2NC(=O)OC2=O)[C@H](OC(C)=O)[C@@H](OC(C)=O)[C@@H]1OC(C)=O. The summed E-state index contributed by atoms with van der Waals surface area (Å²) in [4.78, 5) is 69.4. The highest BCUT2D eigenvalue weighted by Crippen LogP contribution is 2.31. The third kappa shape index (κ3) is 9.27. The molecule has 2 rings (SSSR count). The maximum absolute atomic E-state index is 12.5. The van der Waals surface area contributed by atoms with Gasteiger partial charge in [0.05, 0.1) is 17.6 Å². The van der Waals surface area contributed by atoms with E-state index in [0.717, 1.165) is 27.7 Å². The number of esters is 5. The normalized spacial score (nSPS) is 27.5. The molecule has 0 unspecified atom stereocenters. The van der Waals surface area contributed by atoms with Gasteiger partial charge in [0.15, 0.2) is 28.1 Å². The number of cyclic esters (lactones) is 2. The molecule has 15 nitrogen and oxygen atoms in total. The molecule has 37 heavy (non-hydrogen) atoms. The molecule has 0 aliphatic carbocycles. The Morgan fingerprint density at radius 2 is 1.38 bits per heavy atom. The maximum atomic E-state index is 12.5. The zero-order chi connectivity index (χ0) is 27.9. The second-order valence-corrected chi connectivity index (χ2v) is 10.6. The van der Waals surface area contributed by atoms with Crippen molar-refractivity contribution in [2.75, 3.05) is 18.1 Å². The summed E-state index contributed by atoms with van der Waals surface area (Å²) in [5.74, 6) is -5.15. The van der Waals surface area contributed by atoms with Crippen LogP contribution in [0.4, 0.5) is 4.79 Å². The molecular weight excluding hydrogens is 522 g/mol. The van der Waals surface area contributed by atoms with E-state index in [-0.39, 0.29) is 12.8 Å². The van der Waals surface area contributed by atoms with E-state index >= 15 is 0 Å². The Labute approximate surface area is 212 Å². The zero-order valence-corrected chi connectivity index (χ0v) is 21.4. The third-order valence-corrected chi connectivity index (χ3v) is 6.97. The molecule has 0 spiro atoms. The number of rotatable bonds is 11. The number of hydrogen-bond acceptors (Lipinski definition) is 14. The predicted molar refractivity (Wildman–Crippen MR) is 118 cm³/mol. The van der Waals surface area contributed by atoms with Gasteiger partial charge in [0.25, 0.3) is 0 Å². The number of alkyl carbamates (subject to hydrolysis) is 1. The van der Waals surface area contributed by atoms with Gasteiger partial charge in [0, 0.05) is 27.7 Å². The Morgan fingerprint density at radius 3 is 1.86 bits per heavy atom. The number of amides is 1. The first kappa shape index (κ1) is 30.0. The molecule has 1 N–H and O–H groups in total. The van der Waals surface area contributed by atoms with E-state index in [1.54, 1.807) is 0 Å². The van der Waals surface area contributed by atoms with Crippen LogP contribution in [0.2, 0.25) is 0 Å². The van der Waals surface area contributed by atoms with Crippen molar-refractivity contribution in [1.29, 1.82) is 0 Å². The lowest BCUT2D eigenvalue weighted by molar-refractivity contribution is -0.253. The maximum Gasteiger partial charge on any atom is 0.415 e. The van der Waals surface area contributed by atoms with Crippen molar-refractivity contribution in [3.05, 3.63) is 0 Å². The molecule has 2 aliphatic rings. The molecule has 1 amide bonds. The van der Waals surface area contributed by atoms with Gasteiger partial charge in [-0.25, -0.2) is 18.0 Å². The first-order chi connectivity index (χ1) is 17.2. The van der Waals surface area contributed by atoms with E-state index in [9.17, 15) is 37.2 Å². The quantitative estimate of drug-likeness (QED) is 0.185.